The van der Waals surface area contributed by atoms with Crippen LogP contribution < -0.4 is 20.6 Å². The molecule has 1 spiro atoms. The number of aliphatic hydroxyl groups excluding tert-OH is 1. The molecule has 1 unspecified atom stereocenters. The van der Waals surface area contributed by atoms with Crippen molar-refractivity contribution in [1.82, 2.24) is 14.2 Å². The Labute approximate surface area is 245 Å². The summed E-state index contributed by atoms with van der Waals surface area (Å²) >= 11 is 0. The molecule has 3 aromatic rings. The van der Waals surface area contributed by atoms with Crippen molar-refractivity contribution in [1.29, 1.82) is 0 Å². The number of rotatable bonds is 10. The number of ether oxygens (including phenoxy) is 2. The van der Waals surface area contributed by atoms with Gasteiger partial charge in [-0.3, -0.25) is 4.79 Å². The summed E-state index contributed by atoms with van der Waals surface area (Å²) in [7, 11) is -7.85. The SMILES string of the molecule is CCn1cc(S(=O)(=O)N2CCC3(CC2)CC(NC[C@H](O)COc2cccc(S(N)(=O)=O)c2)CO3)c(=O)c2ccccc21. The molecule has 0 aliphatic carbocycles. The second-order valence-corrected chi connectivity index (χ2v) is 14.3. The maximum atomic E-state index is 13.6. The van der Waals surface area contributed by atoms with E-state index in [1.807, 2.05) is 19.1 Å². The van der Waals surface area contributed by atoms with Crippen LogP contribution in [0.2, 0.25) is 0 Å². The smallest absolute Gasteiger partial charge is 0.248 e. The van der Waals surface area contributed by atoms with E-state index in [9.17, 15) is 26.7 Å². The number of para-hydroxylation sites is 1. The highest BCUT2D eigenvalue weighted by atomic mass is 32.2. The number of hydrogen-bond acceptors (Lipinski definition) is 9. The van der Waals surface area contributed by atoms with Gasteiger partial charge in [-0.25, -0.2) is 22.0 Å². The molecule has 4 N–H and O–H groups in total. The molecule has 42 heavy (non-hydrogen) atoms. The Morgan fingerprint density at radius 1 is 1.14 bits per heavy atom. The minimum absolute atomic E-state index is 0.0363. The molecule has 2 atom stereocenters. The summed E-state index contributed by atoms with van der Waals surface area (Å²) in [6.07, 6.45) is 2.23. The second-order valence-electron chi connectivity index (χ2n) is 10.8. The van der Waals surface area contributed by atoms with Crippen molar-refractivity contribution in [2.45, 2.75) is 60.3 Å². The fourth-order valence-electron chi connectivity index (χ4n) is 5.66. The van der Waals surface area contributed by atoms with Crippen molar-refractivity contribution in [2.75, 3.05) is 32.8 Å². The molecule has 2 aromatic carbocycles. The van der Waals surface area contributed by atoms with Crippen molar-refractivity contribution < 1.29 is 31.4 Å². The summed E-state index contributed by atoms with van der Waals surface area (Å²) in [5.41, 5.74) is -0.268. The molecule has 1 aromatic heterocycles. The zero-order valence-corrected chi connectivity index (χ0v) is 24.9. The first-order chi connectivity index (χ1) is 19.9. The van der Waals surface area contributed by atoms with Gasteiger partial charge in [-0.05, 0) is 50.5 Å². The van der Waals surface area contributed by atoms with Crippen molar-refractivity contribution in [2.24, 2.45) is 5.14 Å². The largest absolute Gasteiger partial charge is 0.491 e. The van der Waals surface area contributed by atoms with Crippen LogP contribution >= 0.6 is 0 Å². The molecule has 14 heteroatoms. The van der Waals surface area contributed by atoms with Crippen molar-refractivity contribution in [3.63, 3.8) is 0 Å². The van der Waals surface area contributed by atoms with E-state index in [4.69, 9.17) is 14.6 Å². The third-order valence-corrected chi connectivity index (χ3v) is 10.8. The van der Waals surface area contributed by atoms with Gasteiger partial charge in [0.2, 0.25) is 25.5 Å². The average Bonchev–Trinajstić information content (AvgIpc) is 3.37. The number of primary sulfonamides is 1. The van der Waals surface area contributed by atoms with E-state index < -0.39 is 37.2 Å². The predicted molar refractivity (Wildman–Crippen MR) is 156 cm³/mol. The third-order valence-electron chi connectivity index (χ3n) is 7.97. The van der Waals surface area contributed by atoms with Crippen LogP contribution in [0.5, 0.6) is 5.75 Å². The zero-order valence-electron chi connectivity index (χ0n) is 23.3. The number of hydrogen-bond donors (Lipinski definition) is 3. The molecule has 2 aliphatic heterocycles. The van der Waals surface area contributed by atoms with E-state index in [1.54, 1.807) is 22.8 Å². The van der Waals surface area contributed by atoms with E-state index in [2.05, 4.69) is 5.32 Å². The number of nitrogens with one attached hydrogen (secondary N) is 1. The van der Waals surface area contributed by atoms with Crippen molar-refractivity contribution in [3.8, 4) is 5.75 Å². The number of pyridine rings is 1. The predicted octanol–water partition coefficient (Wildman–Crippen LogP) is 1.01. The van der Waals surface area contributed by atoms with Gasteiger partial charge in [0, 0.05) is 49.9 Å². The first-order valence-electron chi connectivity index (χ1n) is 13.9. The Morgan fingerprint density at radius 3 is 2.60 bits per heavy atom. The molecule has 2 fully saturated rings. The van der Waals surface area contributed by atoms with Gasteiger partial charge in [0.25, 0.3) is 0 Å². The van der Waals surface area contributed by atoms with E-state index in [1.165, 1.54) is 28.7 Å². The highest BCUT2D eigenvalue weighted by Gasteiger charge is 2.45. The number of aromatic nitrogens is 1. The first-order valence-corrected chi connectivity index (χ1v) is 16.8. The number of benzene rings is 2. The number of fused-ring (bicyclic) bond motifs is 1. The lowest BCUT2D eigenvalue weighted by atomic mass is 9.88. The minimum Gasteiger partial charge on any atom is -0.491 e. The van der Waals surface area contributed by atoms with Crippen LogP contribution in [0.1, 0.15) is 26.2 Å². The lowest BCUT2D eigenvalue weighted by Gasteiger charge is -2.38. The number of aliphatic hydroxyl groups is 1. The van der Waals surface area contributed by atoms with E-state index in [0.717, 1.165) is 0 Å². The van der Waals surface area contributed by atoms with E-state index in [0.29, 0.717) is 43.3 Å². The van der Waals surface area contributed by atoms with Crippen LogP contribution in [0.4, 0.5) is 0 Å². The molecule has 0 amide bonds. The molecule has 3 heterocycles. The quantitative estimate of drug-likeness (QED) is 0.299. The monoisotopic (exact) mass is 620 g/mol. The topological polar surface area (TPSA) is 170 Å². The molecule has 2 saturated heterocycles. The summed E-state index contributed by atoms with van der Waals surface area (Å²) < 4.78 is 65.0. The number of aryl methyl sites for hydroxylation is 1. The average molecular weight is 621 g/mol. The fraction of sp³-hybridized carbons (Fsp3) is 0.464. The van der Waals surface area contributed by atoms with Crippen LogP contribution in [-0.2, 0) is 31.3 Å². The van der Waals surface area contributed by atoms with Crippen LogP contribution in [0.15, 0.2) is 69.3 Å². The van der Waals surface area contributed by atoms with E-state index in [-0.39, 0.29) is 47.8 Å². The van der Waals surface area contributed by atoms with Gasteiger partial charge in [-0.15, -0.1) is 0 Å². The van der Waals surface area contributed by atoms with Gasteiger partial charge in [0.05, 0.1) is 22.6 Å². The van der Waals surface area contributed by atoms with Crippen LogP contribution in [0.3, 0.4) is 0 Å². The lowest BCUT2D eigenvalue weighted by molar-refractivity contribution is -0.0312. The Kier molecular flexibility index (Phi) is 8.77. The molecule has 0 bridgehead atoms. The number of piperidine rings is 1. The first kappa shape index (κ1) is 30.6. The molecule has 228 valence electrons. The van der Waals surface area contributed by atoms with Crippen LogP contribution in [0, 0.1) is 0 Å². The summed E-state index contributed by atoms with van der Waals surface area (Å²) in [4.78, 5) is 12.9. The van der Waals surface area contributed by atoms with Gasteiger partial charge in [-0.1, -0.05) is 18.2 Å². The number of sulfonamides is 2. The summed E-state index contributed by atoms with van der Waals surface area (Å²) in [6.45, 7) is 3.50. The zero-order chi connectivity index (χ0) is 30.1. The minimum atomic E-state index is -4.00. The molecule has 0 saturated carbocycles. The Hall–Kier alpha value is -2.85. The Balaban J connectivity index is 1.15. The maximum Gasteiger partial charge on any atom is 0.248 e. The third kappa shape index (κ3) is 6.39. The maximum absolute atomic E-state index is 13.6. The van der Waals surface area contributed by atoms with Gasteiger partial charge in [0.15, 0.2) is 0 Å². The molecule has 5 rings (SSSR count). The summed E-state index contributed by atoms with van der Waals surface area (Å²) in [5, 5.41) is 19.2. The lowest BCUT2D eigenvalue weighted by Crippen LogP contribution is -2.47. The molecule has 2 aliphatic rings. The number of nitrogens with two attached hydrogens (primary N) is 1. The standard InChI is InChI=1S/C28H36N4O8S2/c1-2-31-17-26(27(34)24-8-3-4-9-25(24)31)42(37,38)32-12-10-28(11-13-32)15-20(18-40-28)30-16-21(33)19-39-22-6-5-7-23(14-22)41(29,35)36/h3-9,14,17,20-21,30,33H,2,10-13,15-16,18-19H2,1H3,(H2,29,35,36)/t20?,21-/m0/s1. The van der Waals surface area contributed by atoms with Gasteiger partial charge < -0.3 is 24.5 Å². The van der Waals surface area contributed by atoms with Crippen LogP contribution in [0.25, 0.3) is 10.9 Å². The molecular weight excluding hydrogens is 584 g/mol. The van der Waals surface area contributed by atoms with Gasteiger partial charge in [0.1, 0.15) is 23.4 Å². The van der Waals surface area contributed by atoms with Gasteiger partial charge >= 0.3 is 0 Å². The summed E-state index contributed by atoms with van der Waals surface area (Å²) in [5.74, 6) is 0.280. The highest BCUT2D eigenvalue weighted by Crippen LogP contribution is 2.37. The molecule has 0 radical (unpaired) electrons. The van der Waals surface area contributed by atoms with Gasteiger partial charge in [-0.2, -0.15) is 4.31 Å². The molecular formula is C28H36N4O8S2. The summed E-state index contributed by atoms with van der Waals surface area (Å²) in [6, 6.07) is 12.7. The Bertz CT molecular complexity index is 1720. The fourth-order valence-corrected chi connectivity index (χ4v) is 7.75. The molecule has 12 nitrogen and oxygen atoms in total. The van der Waals surface area contributed by atoms with Crippen molar-refractivity contribution >= 4 is 30.9 Å². The van der Waals surface area contributed by atoms with Crippen molar-refractivity contribution in [3.05, 3.63) is 65.0 Å². The highest BCUT2D eigenvalue weighted by molar-refractivity contribution is 7.89. The second kappa shape index (κ2) is 12.0. The van der Waals surface area contributed by atoms with E-state index >= 15 is 0 Å². The van der Waals surface area contributed by atoms with Crippen LogP contribution in [-0.4, -0.2) is 81.4 Å². The number of nitrogens with zero attached hydrogens (tertiary/aromatic N) is 2. The Morgan fingerprint density at radius 2 is 1.88 bits per heavy atom. The normalized spacial score (nSPS) is 20.2.